The molecule has 0 aromatic heterocycles. The number of alkyl halides is 1. The molecule has 64 valence electrons. The molecule has 0 aliphatic heterocycles. The Hall–Kier alpha value is -0.770. The Bertz CT molecular complexity index is 157. The number of carboxylic acids is 1. The number of aliphatic carboxylic acids is 1. The summed E-state index contributed by atoms with van der Waals surface area (Å²) < 4.78 is 4.28. The summed E-state index contributed by atoms with van der Waals surface area (Å²) in [7, 11) is 1.21. The maximum atomic E-state index is 10.6. The van der Waals surface area contributed by atoms with Crippen molar-refractivity contribution in [3.05, 3.63) is 0 Å². The Kier molecular flexibility index (Phi) is 4.61. The van der Waals surface area contributed by atoms with Crippen LogP contribution in [0.15, 0.2) is 0 Å². The summed E-state index contributed by atoms with van der Waals surface area (Å²) in [4.78, 5) is 20.6. The topological polar surface area (TPSA) is 63.6 Å². The molecule has 0 saturated heterocycles. The van der Waals surface area contributed by atoms with Crippen LogP contribution in [0, 0.1) is 0 Å². The van der Waals surface area contributed by atoms with Crippen molar-refractivity contribution >= 4 is 23.5 Å². The van der Waals surface area contributed by atoms with Crippen molar-refractivity contribution in [3.63, 3.8) is 0 Å². The Morgan fingerprint density at radius 2 is 2.18 bits per heavy atom. The van der Waals surface area contributed by atoms with Gasteiger partial charge in [-0.1, -0.05) is 0 Å². The molecule has 0 aromatic carbocycles. The number of rotatable bonds is 4. The quantitative estimate of drug-likeness (QED) is 0.509. The van der Waals surface area contributed by atoms with Crippen LogP contribution in [0.1, 0.15) is 12.8 Å². The molecule has 0 fully saturated rings. The molecule has 5 heteroatoms. The molecular formula is C6H9ClO4. The highest BCUT2D eigenvalue weighted by molar-refractivity contribution is 6.29. The maximum Gasteiger partial charge on any atom is 0.323 e. The Balaban J connectivity index is 3.60. The summed E-state index contributed by atoms with van der Waals surface area (Å²) in [6, 6.07) is 0. The molecule has 0 saturated carbocycles. The summed E-state index contributed by atoms with van der Waals surface area (Å²) in [5.74, 6) is -1.56. The fourth-order valence-corrected chi connectivity index (χ4v) is 0.694. The predicted molar refractivity (Wildman–Crippen MR) is 38.5 cm³/mol. The zero-order valence-electron chi connectivity index (χ0n) is 6.04. The second kappa shape index (κ2) is 4.96. The van der Waals surface area contributed by atoms with Crippen LogP contribution in [0.5, 0.6) is 0 Å². The minimum Gasteiger partial charge on any atom is -0.481 e. The smallest absolute Gasteiger partial charge is 0.323 e. The van der Waals surface area contributed by atoms with Crippen molar-refractivity contribution in [1.82, 2.24) is 0 Å². The van der Waals surface area contributed by atoms with Gasteiger partial charge in [0.15, 0.2) is 0 Å². The van der Waals surface area contributed by atoms with E-state index in [0.717, 1.165) is 0 Å². The highest BCUT2D eigenvalue weighted by atomic mass is 35.5. The highest BCUT2D eigenvalue weighted by Gasteiger charge is 2.16. The summed E-state index contributed by atoms with van der Waals surface area (Å²) in [6.45, 7) is 0. The second-order valence-corrected chi connectivity index (χ2v) is 2.45. The van der Waals surface area contributed by atoms with E-state index in [4.69, 9.17) is 16.7 Å². The second-order valence-electron chi connectivity index (χ2n) is 1.92. The molecule has 11 heavy (non-hydrogen) atoms. The fourth-order valence-electron chi connectivity index (χ4n) is 0.496. The van der Waals surface area contributed by atoms with Crippen LogP contribution < -0.4 is 0 Å². The van der Waals surface area contributed by atoms with E-state index in [0.29, 0.717) is 0 Å². The van der Waals surface area contributed by atoms with Gasteiger partial charge in [0.2, 0.25) is 0 Å². The molecule has 4 nitrogen and oxygen atoms in total. The summed E-state index contributed by atoms with van der Waals surface area (Å²) in [5, 5.41) is 7.36. The van der Waals surface area contributed by atoms with E-state index in [1.807, 2.05) is 0 Å². The third-order valence-electron chi connectivity index (χ3n) is 1.07. The number of carbonyl (C=O) groups is 2. The van der Waals surface area contributed by atoms with Crippen LogP contribution >= 0.6 is 11.6 Å². The van der Waals surface area contributed by atoms with Crippen LogP contribution in [0.4, 0.5) is 0 Å². The van der Waals surface area contributed by atoms with E-state index < -0.39 is 17.3 Å². The third kappa shape index (κ3) is 4.61. The SMILES string of the molecule is COC(=O)C(Cl)CCC(=O)O. The average molecular weight is 181 g/mol. The zero-order chi connectivity index (χ0) is 8.85. The van der Waals surface area contributed by atoms with E-state index in [1.54, 1.807) is 0 Å². The number of hydrogen-bond donors (Lipinski definition) is 1. The number of halogens is 1. The summed E-state index contributed by atoms with van der Waals surface area (Å²) in [6.07, 6.45) is -0.0210. The molecular weight excluding hydrogens is 172 g/mol. The van der Waals surface area contributed by atoms with Crippen LogP contribution in [0.2, 0.25) is 0 Å². The van der Waals surface area contributed by atoms with Crippen molar-refractivity contribution in [2.24, 2.45) is 0 Å². The number of carboxylic acid groups (broad SMARTS) is 1. The maximum absolute atomic E-state index is 10.6. The largest absolute Gasteiger partial charge is 0.481 e. The van der Waals surface area contributed by atoms with E-state index in [9.17, 15) is 9.59 Å². The van der Waals surface area contributed by atoms with Gasteiger partial charge < -0.3 is 9.84 Å². The molecule has 0 aliphatic carbocycles. The molecule has 0 radical (unpaired) electrons. The van der Waals surface area contributed by atoms with Crippen LogP contribution in [0.3, 0.4) is 0 Å². The molecule has 0 heterocycles. The lowest BCUT2D eigenvalue weighted by atomic mass is 10.2. The van der Waals surface area contributed by atoms with E-state index >= 15 is 0 Å². The Morgan fingerprint density at radius 1 is 1.64 bits per heavy atom. The van der Waals surface area contributed by atoms with Crippen LogP contribution in [-0.4, -0.2) is 29.5 Å². The van der Waals surface area contributed by atoms with Crippen LogP contribution in [0.25, 0.3) is 0 Å². The van der Waals surface area contributed by atoms with Crippen molar-refractivity contribution < 1.29 is 19.4 Å². The van der Waals surface area contributed by atoms with Gasteiger partial charge in [-0.25, -0.2) is 0 Å². The van der Waals surface area contributed by atoms with Crippen molar-refractivity contribution in [2.75, 3.05) is 7.11 Å². The number of esters is 1. The first-order chi connectivity index (χ1) is 5.07. The monoisotopic (exact) mass is 180 g/mol. The molecule has 1 unspecified atom stereocenters. The zero-order valence-corrected chi connectivity index (χ0v) is 6.80. The van der Waals surface area contributed by atoms with Crippen molar-refractivity contribution in [3.8, 4) is 0 Å². The van der Waals surface area contributed by atoms with Gasteiger partial charge in [0, 0.05) is 6.42 Å². The lowest BCUT2D eigenvalue weighted by Crippen LogP contribution is -2.17. The van der Waals surface area contributed by atoms with Gasteiger partial charge in [-0.05, 0) is 6.42 Å². The molecule has 0 rings (SSSR count). The van der Waals surface area contributed by atoms with Crippen molar-refractivity contribution in [1.29, 1.82) is 0 Å². The van der Waals surface area contributed by atoms with Gasteiger partial charge in [-0.3, -0.25) is 9.59 Å². The Labute approximate surface area is 69.1 Å². The standard InChI is InChI=1S/C6H9ClO4/c1-11-6(10)4(7)2-3-5(8)9/h4H,2-3H2,1H3,(H,8,9). The van der Waals surface area contributed by atoms with Crippen molar-refractivity contribution in [2.45, 2.75) is 18.2 Å². The lowest BCUT2D eigenvalue weighted by Gasteiger charge is -2.03. The molecule has 0 amide bonds. The van der Waals surface area contributed by atoms with Gasteiger partial charge in [0.05, 0.1) is 7.11 Å². The minimum absolute atomic E-state index is 0.101. The predicted octanol–water partition coefficient (Wildman–Crippen LogP) is 0.632. The van der Waals surface area contributed by atoms with Crippen LogP contribution in [-0.2, 0) is 14.3 Å². The first kappa shape index (κ1) is 10.2. The van der Waals surface area contributed by atoms with Gasteiger partial charge in [-0.15, -0.1) is 11.6 Å². The first-order valence-corrected chi connectivity index (χ1v) is 3.45. The van der Waals surface area contributed by atoms with Gasteiger partial charge in [0.25, 0.3) is 0 Å². The molecule has 0 aliphatic rings. The lowest BCUT2D eigenvalue weighted by molar-refractivity contribution is -0.140. The van der Waals surface area contributed by atoms with Gasteiger partial charge >= 0.3 is 11.9 Å². The number of carbonyl (C=O) groups excluding carboxylic acids is 1. The summed E-state index contributed by atoms with van der Waals surface area (Å²) in [5.41, 5.74) is 0. The van der Waals surface area contributed by atoms with Gasteiger partial charge in [-0.2, -0.15) is 0 Å². The minimum atomic E-state index is -0.973. The van der Waals surface area contributed by atoms with E-state index in [-0.39, 0.29) is 12.8 Å². The Morgan fingerprint density at radius 3 is 2.55 bits per heavy atom. The van der Waals surface area contributed by atoms with E-state index in [2.05, 4.69) is 4.74 Å². The molecule has 0 spiro atoms. The fraction of sp³-hybridized carbons (Fsp3) is 0.667. The molecule has 1 atom stereocenters. The molecule has 0 aromatic rings. The molecule has 1 N–H and O–H groups in total. The normalized spacial score (nSPS) is 12.2. The number of hydrogen-bond acceptors (Lipinski definition) is 3. The number of methoxy groups -OCH3 is 1. The summed E-state index contributed by atoms with van der Waals surface area (Å²) >= 11 is 5.44. The average Bonchev–Trinajstić information content (AvgIpc) is 1.98. The third-order valence-corrected chi connectivity index (χ3v) is 1.46. The number of ether oxygens (including phenoxy) is 1. The van der Waals surface area contributed by atoms with E-state index in [1.165, 1.54) is 7.11 Å². The first-order valence-electron chi connectivity index (χ1n) is 3.01. The van der Waals surface area contributed by atoms with Gasteiger partial charge in [0.1, 0.15) is 5.38 Å². The molecule has 0 bridgehead atoms. The highest BCUT2D eigenvalue weighted by Crippen LogP contribution is 2.06.